The summed E-state index contributed by atoms with van der Waals surface area (Å²) in [5.74, 6) is -1.81. The summed E-state index contributed by atoms with van der Waals surface area (Å²) in [7, 11) is 0. The Kier molecular flexibility index (Phi) is 2.83. The number of halogens is 3. The largest absolute Gasteiger partial charge is 0.450 e. The van der Waals surface area contributed by atoms with Gasteiger partial charge in [0.2, 0.25) is 5.78 Å². The van der Waals surface area contributed by atoms with Crippen molar-refractivity contribution in [3.63, 3.8) is 0 Å². The quantitative estimate of drug-likeness (QED) is 0.732. The van der Waals surface area contributed by atoms with Crippen LogP contribution in [0.2, 0.25) is 0 Å². The number of aromatic nitrogens is 2. The molecule has 6 heteroatoms. The first-order valence-electron chi connectivity index (χ1n) is 3.77. The second-order valence-corrected chi connectivity index (χ2v) is 2.75. The Hall–Kier alpha value is -1.46. The molecule has 0 radical (unpaired) electrons. The SMILES string of the molecule is Cc1cnc(CC(=O)C(F)(F)F)cn1. The van der Waals surface area contributed by atoms with Gasteiger partial charge < -0.3 is 0 Å². The molecule has 0 spiro atoms. The first-order valence-corrected chi connectivity index (χ1v) is 3.77. The van der Waals surface area contributed by atoms with Crippen molar-refractivity contribution < 1.29 is 18.0 Å². The predicted molar refractivity (Wildman–Crippen MR) is 41.5 cm³/mol. The molecule has 1 aromatic rings. The Bertz CT molecular complexity index is 331. The maximum absolute atomic E-state index is 11.8. The zero-order chi connectivity index (χ0) is 10.8. The Morgan fingerprint density at radius 3 is 2.43 bits per heavy atom. The molecule has 0 aromatic carbocycles. The first kappa shape index (κ1) is 10.6. The maximum atomic E-state index is 11.8. The molecule has 0 aliphatic rings. The zero-order valence-electron chi connectivity index (χ0n) is 7.30. The van der Waals surface area contributed by atoms with Gasteiger partial charge in [-0.1, -0.05) is 0 Å². The lowest BCUT2D eigenvalue weighted by atomic mass is 10.2. The van der Waals surface area contributed by atoms with Gasteiger partial charge in [0.15, 0.2) is 0 Å². The molecule has 0 aliphatic carbocycles. The Balaban J connectivity index is 2.71. The van der Waals surface area contributed by atoms with E-state index < -0.39 is 18.4 Å². The highest BCUT2D eigenvalue weighted by molar-refractivity contribution is 5.85. The monoisotopic (exact) mass is 204 g/mol. The van der Waals surface area contributed by atoms with Crippen LogP contribution in [0, 0.1) is 6.92 Å². The minimum absolute atomic E-state index is 0.0259. The van der Waals surface area contributed by atoms with E-state index in [9.17, 15) is 18.0 Å². The molecule has 1 rings (SSSR count). The van der Waals surface area contributed by atoms with Gasteiger partial charge in [-0.2, -0.15) is 13.2 Å². The maximum Gasteiger partial charge on any atom is 0.450 e. The second-order valence-electron chi connectivity index (χ2n) is 2.75. The van der Waals surface area contributed by atoms with Gasteiger partial charge in [0.1, 0.15) is 0 Å². The number of rotatable bonds is 2. The number of carbonyl (C=O) groups excluding carboxylic acids is 1. The van der Waals surface area contributed by atoms with Crippen molar-refractivity contribution in [1.29, 1.82) is 0 Å². The molecule has 0 N–H and O–H groups in total. The third-order valence-corrected chi connectivity index (χ3v) is 1.49. The number of aryl methyl sites for hydroxylation is 1. The van der Waals surface area contributed by atoms with E-state index in [0.29, 0.717) is 5.69 Å². The van der Waals surface area contributed by atoms with Crippen LogP contribution in [0.25, 0.3) is 0 Å². The molecule has 76 valence electrons. The van der Waals surface area contributed by atoms with Gasteiger partial charge in [0.25, 0.3) is 0 Å². The molecule has 0 bridgehead atoms. The van der Waals surface area contributed by atoms with Crippen LogP contribution in [0.3, 0.4) is 0 Å². The van der Waals surface area contributed by atoms with Crippen molar-refractivity contribution in [2.24, 2.45) is 0 Å². The van der Waals surface area contributed by atoms with E-state index in [0.717, 1.165) is 0 Å². The molecule has 0 atom stereocenters. The molecule has 1 heterocycles. The van der Waals surface area contributed by atoms with E-state index in [4.69, 9.17) is 0 Å². The fourth-order valence-corrected chi connectivity index (χ4v) is 0.775. The van der Waals surface area contributed by atoms with Crippen LogP contribution in [-0.2, 0) is 11.2 Å². The van der Waals surface area contributed by atoms with Crippen LogP contribution in [0.4, 0.5) is 13.2 Å². The van der Waals surface area contributed by atoms with E-state index in [1.54, 1.807) is 6.92 Å². The summed E-state index contributed by atoms with van der Waals surface area (Å²) in [5, 5.41) is 0. The fourth-order valence-electron chi connectivity index (χ4n) is 0.775. The molecule has 0 saturated carbocycles. The molecule has 0 amide bonds. The molecule has 3 nitrogen and oxygen atoms in total. The van der Waals surface area contributed by atoms with E-state index in [1.165, 1.54) is 12.4 Å². The van der Waals surface area contributed by atoms with E-state index in [-0.39, 0.29) is 5.69 Å². The standard InChI is InChI=1S/C8H7F3N2O/c1-5-3-13-6(4-12-5)2-7(14)8(9,10)11/h3-4H,2H2,1H3. The van der Waals surface area contributed by atoms with Gasteiger partial charge in [-0.15, -0.1) is 0 Å². The number of hydrogen-bond acceptors (Lipinski definition) is 3. The molecular weight excluding hydrogens is 197 g/mol. The topological polar surface area (TPSA) is 42.9 Å². The second kappa shape index (κ2) is 3.73. The molecule has 0 fully saturated rings. The molecule has 1 aromatic heterocycles. The van der Waals surface area contributed by atoms with Crippen molar-refractivity contribution >= 4 is 5.78 Å². The number of hydrogen-bond donors (Lipinski definition) is 0. The van der Waals surface area contributed by atoms with E-state index >= 15 is 0 Å². The van der Waals surface area contributed by atoms with Crippen LogP contribution in [0.15, 0.2) is 12.4 Å². The highest BCUT2D eigenvalue weighted by atomic mass is 19.4. The lowest BCUT2D eigenvalue weighted by molar-refractivity contribution is -0.170. The third kappa shape index (κ3) is 2.79. The van der Waals surface area contributed by atoms with Crippen molar-refractivity contribution in [3.8, 4) is 0 Å². The van der Waals surface area contributed by atoms with Gasteiger partial charge in [0.05, 0.1) is 17.8 Å². The highest BCUT2D eigenvalue weighted by Gasteiger charge is 2.38. The first-order chi connectivity index (χ1) is 6.39. The Morgan fingerprint density at radius 2 is 2.00 bits per heavy atom. The number of carbonyl (C=O) groups is 1. The Labute approximate surface area is 78.0 Å². The third-order valence-electron chi connectivity index (χ3n) is 1.49. The normalized spacial score (nSPS) is 11.4. The van der Waals surface area contributed by atoms with Crippen molar-refractivity contribution in [2.45, 2.75) is 19.5 Å². The van der Waals surface area contributed by atoms with Crippen molar-refractivity contribution in [3.05, 3.63) is 23.8 Å². The smallest absolute Gasteiger partial charge is 0.289 e. The summed E-state index contributed by atoms with van der Waals surface area (Å²) >= 11 is 0. The van der Waals surface area contributed by atoms with Gasteiger partial charge in [-0.3, -0.25) is 14.8 Å². The van der Waals surface area contributed by atoms with E-state index in [2.05, 4.69) is 9.97 Å². The lowest BCUT2D eigenvalue weighted by Crippen LogP contribution is -2.25. The van der Waals surface area contributed by atoms with Crippen LogP contribution in [0.5, 0.6) is 0 Å². The summed E-state index contributed by atoms with van der Waals surface area (Å²) in [6.07, 6.45) is -3.07. The van der Waals surface area contributed by atoms with Crippen LogP contribution in [0.1, 0.15) is 11.4 Å². The zero-order valence-corrected chi connectivity index (χ0v) is 7.30. The Morgan fingerprint density at radius 1 is 1.36 bits per heavy atom. The minimum atomic E-state index is -4.80. The van der Waals surface area contributed by atoms with Crippen LogP contribution in [-0.4, -0.2) is 21.9 Å². The van der Waals surface area contributed by atoms with Gasteiger partial charge in [-0.05, 0) is 6.92 Å². The molecular formula is C8H7F3N2O. The number of nitrogens with zero attached hydrogens (tertiary/aromatic N) is 2. The lowest BCUT2D eigenvalue weighted by Gasteiger charge is -2.03. The van der Waals surface area contributed by atoms with Crippen LogP contribution >= 0.6 is 0 Å². The summed E-state index contributed by atoms with van der Waals surface area (Å²) in [6, 6.07) is 0. The minimum Gasteiger partial charge on any atom is -0.289 e. The molecule has 14 heavy (non-hydrogen) atoms. The average molecular weight is 204 g/mol. The summed E-state index contributed by atoms with van der Waals surface area (Å²) in [4.78, 5) is 17.9. The summed E-state index contributed by atoms with van der Waals surface area (Å²) in [5.41, 5.74) is 0.617. The fraction of sp³-hybridized carbons (Fsp3) is 0.375. The van der Waals surface area contributed by atoms with Crippen molar-refractivity contribution in [1.82, 2.24) is 9.97 Å². The number of Topliss-reactive ketones (excluding diaryl/α,β-unsaturated/α-hetero) is 1. The molecule has 0 aliphatic heterocycles. The summed E-state index contributed by atoms with van der Waals surface area (Å²) in [6.45, 7) is 1.66. The van der Waals surface area contributed by atoms with Crippen LogP contribution < -0.4 is 0 Å². The number of alkyl halides is 3. The average Bonchev–Trinajstić information content (AvgIpc) is 2.07. The predicted octanol–water partition coefficient (Wildman–Crippen LogP) is 1.46. The number of ketones is 1. The van der Waals surface area contributed by atoms with Crippen molar-refractivity contribution in [2.75, 3.05) is 0 Å². The highest BCUT2D eigenvalue weighted by Crippen LogP contribution is 2.17. The van der Waals surface area contributed by atoms with Gasteiger partial charge in [-0.25, -0.2) is 0 Å². The molecule has 0 saturated heterocycles. The van der Waals surface area contributed by atoms with Gasteiger partial charge >= 0.3 is 6.18 Å². The van der Waals surface area contributed by atoms with Gasteiger partial charge in [0, 0.05) is 12.4 Å². The molecule has 0 unspecified atom stereocenters. The van der Waals surface area contributed by atoms with E-state index in [1.807, 2.05) is 0 Å². The summed E-state index contributed by atoms with van der Waals surface area (Å²) < 4.78 is 35.4.